The quantitative estimate of drug-likeness (QED) is 0.374. The van der Waals surface area contributed by atoms with Crippen LogP contribution in [0.5, 0.6) is 11.5 Å². The number of carbonyl (C=O) groups excluding carboxylic acids is 1. The SMILES string of the molecule is COc1ccccc1/C=C1/N=C(c2sc3ccccc3c2Cl)N(c2ccc(O)cc2)C1=O. The summed E-state index contributed by atoms with van der Waals surface area (Å²) in [4.78, 5) is 20.4. The molecular formula is C25H17ClN2O3S. The van der Waals surface area contributed by atoms with Gasteiger partial charge in [0.15, 0.2) is 5.84 Å². The van der Waals surface area contributed by atoms with Gasteiger partial charge in [-0.05, 0) is 42.5 Å². The molecule has 0 aliphatic carbocycles. The van der Waals surface area contributed by atoms with Crippen molar-refractivity contribution in [2.75, 3.05) is 12.0 Å². The van der Waals surface area contributed by atoms with E-state index in [1.165, 1.54) is 28.4 Å². The molecule has 0 radical (unpaired) electrons. The Kier molecular flexibility index (Phi) is 5.17. The molecule has 0 bridgehead atoms. The minimum Gasteiger partial charge on any atom is -0.508 e. The molecule has 0 atom stereocenters. The number of para-hydroxylation sites is 1. The van der Waals surface area contributed by atoms with Gasteiger partial charge in [0.2, 0.25) is 0 Å². The lowest BCUT2D eigenvalue weighted by atomic mass is 10.1. The van der Waals surface area contributed by atoms with Crippen LogP contribution in [-0.4, -0.2) is 24.0 Å². The lowest BCUT2D eigenvalue weighted by Crippen LogP contribution is -2.32. The van der Waals surface area contributed by atoms with Gasteiger partial charge in [-0.25, -0.2) is 4.99 Å². The first-order valence-corrected chi connectivity index (χ1v) is 11.0. The maximum absolute atomic E-state index is 13.5. The summed E-state index contributed by atoms with van der Waals surface area (Å²) in [5.41, 5.74) is 1.60. The molecule has 0 saturated heterocycles. The van der Waals surface area contributed by atoms with Crippen molar-refractivity contribution in [1.29, 1.82) is 0 Å². The van der Waals surface area contributed by atoms with E-state index in [4.69, 9.17) is 21.3 Å². The van der Waals surface area contributed by atoms with Gasteiger partial charge in [-0.3, -0.25) is 9.69 Å². The van der Waals surface area contributed by atoms with E-state index < -0.39 is 0 Å². The Labute approximate surface area is 193 Å². The van der Waals surface area contributed by atoms with Crippen molar-refractivity contribution < 1.29 is 14.6 Å². The number of carbonyl (C=O) groups is 1. The first-order valence-electron chi connectivity index (χ1n) is 9.81. The lowest BCUT2D eigenvalue weighted by molar-refractivity contribution is -0.113. The fraction of sp³-hybridized carbons (Fsp3) is 0.0400. The number of nitrogens with zero attached hydrogens (tertiary/aromatic N) is 2. The molecule has 7 heteroatoms. The van der Waals surface area contributed by atoms with Crippen molar-refractivity contribution in [3.05, 3.63) is 94.0 Å². The Morgan fingerprint density at radius 1 is 1.03 bits per heavy atom. The number of benzene rings is 3. The number of methoxy groups -OCH3 is 1. The van der Waals surface area contributed by atoms with Gasteiger partial charge < -0.3 is 9.84 Å². The summed E-state index contributed by atoms with van der Waals surface area (Å²) in [6, 6.07) is 21.7. The number of hydrogen-bond acceptors (Lipinski definition) is 5. The molecule has 5 nitrogen and oxygen atoms in total. The van der Waals surface area contributed by atoms with E-state index in [0.29, 0.717) is 27.2 Å². The van der Waals surface area contributed by atoms with Crippen LogP contribution in [0.4, 0.5) is 5.69 Å². The van der Waals surface area contributed by atoms with Crippen LogP contribution in [0.3, 0.4) is 0 Å². The first kappa shape index (κ1) is 20.3. The molecule has 0 unspecified atom stereocenters. The van der Waals surface area contributed by atoms with E-state index in [9.17, 15) is 9.90 Å². The summed E-state index contributed by atoms with van der Waals surface area (Å²) >= 11 is 8.21. The zero-order chi connectivity index (χ0) is 22.2. The number of anilines is 1. The molecule has 1 N–H and O–H groups in total. The molecule has 3 aromatic carbocycles. The second-order valence-electron chi connectivity index (χ2n) is 7.11. The number of fused-ring (bicyclic) bond motifs is 1. The van der Waals surface area contributed by atoms with Crippen molar-refractivity contribution in [2.45, 2.75) is 0 Å². The molecular weight excluding hydrogens is 444 g/mol. The van der Waals surface area contributed by atoms with Crippen LogP contribution >= 0.6 is 22.9 Å². The van der Waals surface area contributed by atoms with E-state index in [0.717, 1.165) is 15.6 Å². The van der Waals surface area contributed by atoms with Gasteiger partial charge in [0.1, 0.15) is 17.2 Å². The van der Waals surface area contributed by atoms with Crippen molar-refractivity contribution in [3.63, 3.8) is 0 Å². The average Bonchev–Trinajstić information content (AvgIpc) is 3.32. The smallest absolute Gasteiger partial charge is 0.282 e. The third kappa shape index (κ3) is 3.43. The average molecular weight is 461 g/mol. The van der Waals surface area contributed by atoms with Crippen LogP contribution in [-0.2, 0) is 4.79 Å². The fourth-order valence-electron chi connectivity index (χ4n) is 3.60. The number of ether oxygens (including phenoxy) is 1. The summed E-state index contributed by atoms with van der Waals surface area (Å²) in [7, 11) is 1.59. The Morgan fingerprint density at radius 3 is 2.50 bits per heavy atom. The first-order chi connectivity index (χ1) is 15.6. The number of rotatable bonds is 4. The van der Waals surface area contributed by atoms with Gasteiger partial charge in [-0.2, -0.15) is 0 Å². The largest absolute Gasteiger partial charge is 0.508 e. The molecule has 1 aromatic heterocycles. The standard InChI is InChI=1S/C25H17ClN2O3S/c1-31-20-8-4-2-6-15(20)14-19-25(30)28(16-10-12-17(29)13-11-16)24(27-19)23-22(26)18-7-3-5-9-21(18)32-23/h2-14,29H,1H3/b19-14+. The third-order valence-electron chi connectivity index (χ3n) is 5.14. The van der Waals surface area contributed by atoms with Crippen LogP contribution in [0.1, 0.15) is 10.4 Å². The Bertz CT molecular complexity index is 1410. The number of hydrogen-bond donors (Lipinski definition) is 1. The monoisotopic (exact) mass is 460 g/mol. The number of aromatic hydroxyl groups is 1. The summed E-state index contributed by atoms with van der Waals surface area (Å²) in [6.07, 6.45) is 1.71. The van der Waals surface area contributed by atoms with Crippen LogP contribution < -0.4 is 9.64 Å². The van der Waals surface area contributed by atoms with Crippen molar-refractivity contribution in [2.24, 2.45) is 4.99 Å². The molecule has 5 rings (SSSR count). The summed E-state index contributed by atoms with van der Waals surface area (Å²) in [5, 5.41) is 11.2. The molecule has 0 saturated carbocycles. The predicted molar refractivity (Wildman–Crippen MR) is 130 cm³/mol. The number of phenolic OH excluding ortho intramolecular Hbond substituents is 1. The number of phenols is 1. The highest BCUT2D eigenvalue weighted by molar-refractivity contribution is 7.21. The zero-order valence-corrected chi connectivity index (χ0v) is 18.5. The van der Waals surface area contributed by atoms with Crippen LogP contribution in [0.15, 0.2) is 83.5 Å². The van der Waals surface area contributed by atoms with E-state index in [1.807, 2.05) is 48.5 Å². The Balaban J connectivity index is 1.70. The van der Waals surface area contributed by atoms with Gasteiger partial charge in [0.25, 0.3) is 5.91 Å². The second-order valence-corrected chi connectivity index (χ2v) is 8.54. The minimum atomic E-state index is -0.287. The normalized spacial score (nSPS) is 14.9. The third-order valence-corrected chi connectivity index (χ3v) is 6.81. The molecule has 0 spiro atoms. The van der Waals surface area contributed by atoms with Crippen molar-refractivity contribution in [1.82, 2.24) is 0 Å². The van der Waals surface area contributed by atoms with E-state index in [-0.39, 0.29) is 17.4 Å². The number of amides is 1. The number of aliphatic imine (C=N–C) groups is 1. The van der Waals surface area contributed by atoms with Gasteiger partial charge in [0.05, 0.1) is 22.7 Å². The van der Waals surface area contributed by atoms with Crippen LogP contribution in [0.25, 0.3) is 16.2 Å². The molecule has 2 heterocycles. The van der Waals surface area contributed by atoms with Gasteiger partial charge >= 0.3 is 0 Å². The molecule has 4 aromatic rings. The molecule has 32 heavy (non-hydrogen) atoms. The summed E-state index contributed by atoms with van der Waals surface area (Å²) < 4.78 is 6.43. The topological polar surface area (TPSA) is 62.1 Å². The summed E-state index contributed by atoms with van der Waals surface area (Å²) in [6.45, 7) is 0. The fourth-order valence-corrected chi connectivity index (χ4v) is 5.10. The predicted octanol–water partition coefficient (Wildman–Crippen LogP) is 6.10. The molecule has 1 aliphatic heterocycles. The van der Waals surface area contributed by atoms with Gasteiger partial charge in [-0.1, -0.05) is 48.0 Å². The minimum absolute atomic E-state index is 0.114. The van der Waals surface area contributed by atoms with E-state index in [2.05, 4.69) is 0 Å². The van der Waals surface area contributed by atoms with Gasteiger partial charge in [0, 0.05) is 15.6 Å². The Morgan fingerprint density at radius 2 is 1.75 bits per heavy atom. The molecule has 0 fully saturated rings. The van der Waals surface area contributed by atoms with Crippen LogP contribution in [0, 0.1) is 0 Å². The number of amidine groups is 1. The van der Waals surface area contributed by atoms with Crippen molar-refractivity contribution >= 4 is 56.5 Å². The number of halogens is 1. The highest BCUT2D eigenvalue weighted by atomic mass is 35.5. The highest BCUT2D eigenvalue weighted by Gasteiger charge is 2.35. The van der Waals surface area contributed by atoms with E-state index in [1.54, 1.807) is 25.3 Å². The zero-order valence-electron chi connectivity index (χ0n) is 16.9. The second kappa shape index (κ2) is 8.15. The van der Waals surface area contributed by atoms with Crippen molar-refractivity contribution in [3.8, 4) is 11.5 Å². The number of thiophene rings is 1. The summed E-state index contributed by atoms with van der Waals surface area (Å²) in [5.74, 6) is 0.925. The van der Waals surface area contributed by atoms with Crippen LogP contribution in [0.2, 0.25) is 5.02 Å². The lowest BCUT2D eigenvalue weighted by Gasteiger charge is -2.18. The molecule has 1 aliphatic rings. The Hall–Kier alpha value is -3.61. The molecule has 158 valence electrons. The van der Waals surface area contributed by atoms with E-state index >= 15 is 0 Å². The maximum Gasteiger partial charge on any atom is 0.282 e. The molecule has 1 amide bonds. The van der Waals surface area contributed by atoms with Gasteiger partial charge in [-0.15, -0.1) is 11.3 Å². The maximum atomic E-state index is 13.5. The highest BCUT2D eigenvalue weighted by Crippen LogP contribution is 2.39.